The maximum atomic E-state index is 12.2. The van der Waals surface area contributed by atoms with Crippen LogP contribution in [-0.4, -0.2) is 49.4 Å². The number of hydrogen-bond donors (Lipinski definition) is 2. The lowest BCUT2D eigenvalue weighted by atomic mass is 10.1. The molecule has 1 aromatic heterocycles. The minimum Gasteiger partial charge on any atom is -0.390 e. The van der Waals surface area contributed by atoms with E-state index < -0.39 is 6.10 Å². The summed E-state index contributed by atoms with van der Waals surface area (Å²) in [4.78, 5) is 18.2. The molecule has 0 fully saturated rings. The largest absolute Gasteiger partial charge is 0.390 e. The lowest BCUT2D eigenvalue weighted by Gasteiger charge is -2.19. The lowest BCUT2D eigenvalue weighted by Crippen LogP contribution is -2.32. The molecule has 0 aliphatic carbocycles. The van der Waals surface area contributed by atoms with Crippen LogP contribution in [0.25, 0.3) is 0 Å². The summed E-state index contributed by atoms with van der Waals surface area (Å²) in [6.07, 6.45) is 0.876. The summed E-state index contributed by atoms with van der Waals surface area (Å²) in [6.45, 7) is 5.37. The second kappa shape index (κ2) is 9.60. The van der Waals surface area contributed by atoms with Gasteiger partial charge in [0.2, 0.25) is 5.91 Å². The second-order valence-electron chi connectivity index (χ2n) is 5.58. The van der Waals surface area contributed by atoms with Gasteiger partial charge in [0, 0.05) is 13.1 Å². The van der Waals surface area contributed by atoms with Gasteiger partial charge in [-0.05, 0) is 19.4 Å². The van der Waals surface area contributed by atoms with E-state index in [1.54, 1.807) is 15.7 Å². The quantitative estimate of drug-likeness (QED) is 0.667. The first kappa shape index (κ1) is 19.5. The highest BCUT2D eigenvalue weighted by Crippen LogP contribution is 2.23. The summed E-state index contributed by atoms with van der Waals surface area (Å²) in [5, 5.41) is 20.6. The van der Waals surface area contributed by atoms with Gasteiger partial charge in [0.25, 0.3) is 0 Å². The fourth-order valence-corrected chi connectivity index (χ4v) is 3.49. The Morgan fingerprint density at radius 3 is 2.56 bits per heavy atom. The summed E-state index contributed by atoms with van der Waals surface area (Å²) < 4.78 is 1.78. The van der Waals surface area contributed by atoms with Crippen molar-refractivity contribution in [1.82, 2.24) is 14.5 Å². The molecule has 0 spiro atoms. The molecule has 1 heterocycles. The summed E-state index contributed by atoms with van der Waals surface area (Å²) in [5.41, 5.74) is 1.42. The summed E-state index contributed by atoms with van der Waals surface area (Å²) in [5.74, 6) is 0.337. The SMILES string of the molecule is CCN(CC)C(=O)CSc1ncc(CO)n1CC(O)c1ccccc1. The summed E-state index contributed by atoms with van der Waals surface area (Å²) >= 11 is 1.33. The Labute approximate surface area is 152 Å². The molecule has 0 aliphatic rings. The number of imidazole rings is 1. The fourth-order valence-electron chi connectivity index (χ4n) is 2.58. The Balaban J connectivity index is 2.10. The number of aromatic nitrogens is 2. The van der Waals surface area contributed by atoms with E-state index in [2.05, 4.69) is 4.98 Å². The molecule has 2 rings (SSSR count). The van der Waals surface area contributed by atoms with Gasteiger partial charge in [-0.15, -0.1) is 0 Å². The van der Waals surface area contributed by atoms with E-state index in [1.165, 1.54) is 11.8 Å². The zero-order valence-electron chi connectivity index (χ0n) is 14.6. The molecule has 2 N–H and O–H groups in total. The highest BCUT2D eigenvalue weighted by molar-refractivity contribution is 7.99. The van der Waals surface area contributed by atoms with Crippen LogP contribution in [0.5, 0.6) is 0 Å². The molecule has 6 nitrogen and oxygen atoms in total. The van der Waals surface area contributed by atoms with Gasteiger partial charge in [0.1, 0.15) is 0 Å². The number of carbonyl (C=O) groups is 1. The Hall–Kier alpha value is -1.83. The van der Waals surface area contributed by atoms with Gasteiger partial charge in [-0.25, -0.2) is 4.98 Å². The van der Waals surface area contributed by atoms with Crippen molar-refractivity contribution in [3.8, 4) is 0 Å². The van der Waals surface area contributed by atoms with E-state index >= 15 is 0 Å². The third-order valence-corrected chi connectivity index (χ3v) is 5.02. The van der Waals surface area contributed by atoms with Gasteiger partial charge < -0.3 is 19.7 Å². The van der Waals surface area contributed by atoms with Crippen LogP contribution in [0.15, 0.2) is 41.7 Å². The minimum atomic E-state index is -0.710. The molecule has 7 heteroatoms. The van der Waals surface area contributed by atoms with Crippen molar-refractivity contribution in [2.45, 2.75) is 38.3 Å². The number of aliphatic hydroxyl groups is 2. The molecule has 1 unspecified atom stereocenters. The highest BCUT2D eigenvalue weighted by atomic mass is 32.2. The highest BCUT2D eigenvalue weighted by Gasteiger charge is 2.17. The predicted octanol–water partition coefficient (Wildman–Crippen LogP) is 2.07. The minimum absolute atomic E-state index is 0.0544. The second-order valence-corrected chi connectivity index (χ2v) is 6.52. The first-order valence-corrected chi connectivity index (χ1v) is 9.38. The molecule has 0 radical (unpaired) electrons. The molecular weight excluding hydrogens is 338 g/mol. The zero-order chi connectivity index (χ0) is 18.2. The number of hydrogen-bond acceptors (Lipinski definition) is 5. The zero-order valence-corrected chi connectivity index (χ0v) is 15.4. The first-order valence-electron chi connectivity index (χ1n) is 8.39. The number of thioether (sulfide) groups is 1. The molecule has 0 saturated carbocycles. The Bertz CT molecular complexity index is 671. The predicted molar refractivity (Wildman–Crippen MR) is 98.2 cm³/mol. The average Bonchev–Trinajstić information content (AvgIpc) is 3.03. The molecule has 0 bridgehead atoms. The van der Waals surface area contributed by atoms with Crippen molar-refractivity contribution in [2.75, 3.05) is 18.8 Å². The van der Waals surface area contributed by atoms with Gasteiger partial charge in [0.05, 0.1) is 36.9 Å². The van der Waals surface area contributed by atoms with Crippen molar-refractivity contribution in [2.24, 2.45) is 0 Å². The molecule has 2 aromatic rings. The number of aliphatic hydroxyl groups excluding tert-OH is 2. The van der Waals surface area contributed by atoms with Crippen LogP contribution >= 0.6 is 11.8 Å². The standard InChI is InChI=1S/C18H25N3O3S/c1-3-20(4-2)17(24)13-25-18-19-10-15(12-22)21(18)11-16(23)14-8-6-5-7-9-14/h5-10,16,22-23H,3-4,11-13H2,1-2H3. The molecule has 136 valence electrons. The van der Waals surface area contributed by atoms with Crippen molar-refractivity contribution in [3.05, 3.63) is 47.8 Å². The van der Waals surface area contributed by atoms with E-state index in [0.29, 0.717) is 23.9 Å². The fraction of sp³-hybridized carbons (Fsp3) is 0.444. The maximum Gasteiger partial charge on any atom is 0.233 e. The first-order chi connectivity index (χ1) is 12.1. The van der Waals surface area contributed by atoms with Crippen LogP contribution in [0.1, 0.15) is 31.2 Å². The van der Waals surface area contributed by atoms with Gasteiger partial charge in [-0.1, -0.05) is 42.1 Å². The molecule has 1 amide bonds. The molecule has 1 aromatic carbocycles. The van der Waals surface area contributed by atoms with Gasteiger partial charge in [-0.3, -0.25) is 4.79 Å². The van der Waals surface area contributed by atoms with Crippen LogP contribution in [0.3, 0.4) is 0 Å². The Morgan fingerprint density at radius 2 is 1.96 bits per heavy atom. The van der Waals surface area contributed by atoms with Crippen molar-refractivity contribution < 1.29 is 15.0 Å². The van der Waals surface area contributed by atoms with Gasteiger partial charge in [-0.2, -0.15) is 0 Å². The smallest absolute Gasteiger partial charge is 0.233 e. The van der Waals surface area contributed by atoms with Crippen molar-refractivity contribution in [3.63, 3.8) is 0 Å². The van der Waals surface area contributed by atoms with Crippen LogP contribution in [-0.2, 0) is 17.9 Å². The molecule has 25 heavy (non-hydrogen) atoms. The number of nitrogens with zero attached hydrogens (tertiary/aromatic N) is 3. The number of benzene rings is 1. The van der Waals surface area contributed by atoms with E-state index in [0.717, 1.165) is 5.56 Å². The van der Waals surface area contributed by atoms with Crippen LogP contribution in [0.2, 0.25) is 0 Å². The average molecular weight is 363 g/mol. The topological polar surface area (TPSA) is 78.6 Å². The number of amides is 1. The number of carbonyl (C=O) groups excluding carboxylic acids is 1. The van der Waals surface area contributed by atoms with E-state index in [1.807, 2.05) is 44.2 Å². The third kappa shape index (κ3) is 5.07. The molecule has 1 atom stereocenters. The van der Waals surface area contributed by atoms with Crippen molar-refractivity contribution in [1.29, 1.82) is 0 Å². The number of rotatable bonds is 9. The molecule has 0 aliphatic heterocycles. The Morgan fingerprint density at radius 1 is 1.28 bits per heavy atom. The normalized spacial score (nSPS) is 12.2. The molecular formula is C18H25N3O3S. The van der Waals surface area contributed by atoms with Crippen LogP contribution in [0.4, 0.5) is 0 Å². The lowest BCUT2D eigenvalue weighted by molar-refractivity contribution is -0.127. The van der Waals surface area contributed by atoms with Gasteiger partial charge in [0.15, 0.2) is 5.16 Å². The van der Waals surface area contributed by atoms with E-state index in [-0.39, 0.29) is 24.8 Å². The van der Waals surface area contributed by atoms with Crippen LogP contribution < -0.4 is 0 Å². The van der Waals surface area contributed by atoms with E-state index in [4.69, 9.17) is 0 Å². The van der Waals surface area contributed by atoms with Gasteiger partial charge >= 0.3 is 0 Å². The van der Waals surface area contributed by atoms with Crippen molar-refractivity contribution >= 4 is 17.7 Å². The third-order valence-electron chi connectivity index (χ3n) is 4.04. The van der Waals surface area contributed by atoms with Crippen LogP contribution in [0, 0.1) is 0 Å². The summed E-state index contributed by atoms with van der Waals surface area (Å²) in [6, 6.07) is 9.36. The summed E-state index contributed by atoms with van der Waals surface area (Å²) in [7, 11) is 0. The Kier molecular flexibility index (Phi) is 7.49. The maximum absolute atomic E-state index is 12.2. The van der Waals surface area contributed by atoms with E-state index in [9.17, 15) is 15.0 Å². The monoisotopic (exact) mass is 363 g/mol. The molecule has 0 saturated heterocycles.